The van der Waals surface area contributed by atoms with Crippen LogP contribution in [-0.2, 0) is 19.1 Å². The molecule has 0 amide bonds. The van der Waals surface area contributed by atoms with Gasteiger partial charge >= 0.3 is 11.9 Å². The Balaban J connectivity index is 2.79. The summed E-state index contributed by atoms with van der Waals surface area (Å²) < 4.78 is 10.1. The molecule has 0 unspecified atom stereocenters. The van der Waals surface area contributed by atoms with Crippen LogP contribution in [0.15, 0.2) is 24.3 Å². The second kappa shape index (κ2) is 7.81. The maximum Gasteiger partial charge on any atom is 0.330 e. The van der Waals surface area contributed by atoms with E-state index >= 15 is 0 Å². The van der Waals surface area contributed by atoms with Gasteiger partial charge in [-0.3, -0.25) is 0 Å². The first-order valence-corrected chi connectivity index (χ1v) is 6.50. The van der Waals surface area contributed by atoms with Gasteiger partial charge in [0.1, 0.15) is 12.2 Å². The molecule has 0 saturated carbocycles. The first kappa shape index (κ1) is 16.4. The average molecular weight is 284 g/mol. The Morgan fingerprint density at radius 3 is 2.35 bits per heavy atom. The Kier molecular flexibility index (Phi) is 6.41. The predicted octanol–water partition coefficient (Wildman–Crippen LogP) is 0.478. The van der Waals surface area contributed by atoms with Gasteiger partial charge in [-0.25, -0.2) is 9.59 Å². The highest BCUT2D eigenvalue weighted by atomic mass is 16.5. The van der Waals surface area contributed by atoms with Gasteiger partial charge in [-0.2, -0.15) is 0 Å². The molecule has 1 aliphatic heterocycles. The Morgan fingerprint density at radius 1 is 1.05 bits per heavy atom. The van der Waals surface area contributed by atoms with Gasteiger partial charge in [0.05, 0.1) is 12.2 Å². The fourth-order valence-electron chi connectivity index (χ4n) is 1.71. The largest absolute Gasteiger partial charge is 0.459 e. The van der Waals surface area contributed by atoms with Crippen molar-refractivity contribution in [3.63, 3.8) is 0 Å². The van der Waals surface area contributed by atoms with Crippen LogP contribution in [0.1, 0.15) is 26.7 Å². The third-order valence-electron chi connectivity index (χ3n) is 2.75. The molecule has 0 aromatic heterocycles. The molecule has 1 heterocycles. The van der Waals surface area contributed by atoms with Crippen LogP contribution >= 0.6 is 0 Å². The Hall–Kier alpha value is -1.66. The van der Waals surface area contributed by atoms with Crippen molar-refractivity contribution in [1.82, 2.24) is 0 Å². The van der Waals surface area contributed by atoms with E-state index < -0.39 is 36.4 Å². The van der Waals surface area contributed by atoms with Crippen LogP contribution in [0.25, 0.3) is 0 Å². The molecule has 0 saturated heterocycles. The summed E-state index contributed by atoms with van der Waals surface area (Å²) in [5.74, 6) is -1.14. The molecule has 0 spiro atoms. The molecule has 6 heteroatoms. The Morgan fingerprint density at radius 2 is 1.65 bits per heavy atom. The highest BCUT2D eigenvalue weighted by molar-refractivity contribution is 5.82. The smallest absolute Gasteiger partial charge is 0.330 e. The molecule has 0 aliphatic carbocycles. The van der Waals surface area contributed by atoms with Crippen molar-refractivity contribution >= 4 is 11.9 Å². The van der Waals surface area contributed by atoms with Crippen molar-refractivity contribution < 1.29 is 29.3 Å². The number of aliphatic hydroxyl groups is 2. The van der Waals surface area contributed by atoms with Crippen molar-refractivity contribution in [2.24, 2.45) is 0 Å². The SMILES string of the molecule is C[C@@H]1C/C=C/C(=O)O[C@H](C)C[C@@H](O)[C@@H](O)/C=C/C(=O)O1. The molecule has 0 aromatic rings. The molecule has 0 fully saturated rings. The second-order valence-corrected chi connectivity index (χ2v) is 4.79. The molecule has 4 atom stereocenters. The van der Waals surface area contributed by atoms with Crippen LogP contribution in [0.3, 0.4) is 0 Å². The number of cyclic esters (lactones) is 2. The molecule has 0 bridgehead atoms. The number of rotatable bonds is 0. The van der Waals surface area contributed by atoms with Crippen LogP contribution < -0.4 is 0 Å². The van der Waals surface area contributed by atoms with Gasteiger partial charge < -0.3 is 19.7 Å². The zero-order valence-corrected chi connectivity index (χ0v) is 11.6. The molecule has 1 aliphatic rings. The normalized spacial score (nSPS) is 36.4. The number of ether oxygens (including phenoxy) is 2. The maximum absolute atomic E-state index is 11.4. The number of aliphatic hydroxyl groups excluding tert-OH is 2. The fraction of sp³-hybridized carbons (Fsp3) is 0.571. The van der Waals surface area contributed by atoms with E-state index in [-0.39, 0.29) is 6.42 Å². The summed E-state index contributed by atoms with van der Waals surface area (Å²) in [5, 5.41) is 19.4. The van der Waals surface area contributed by atoms with Crippen molar-refractivity contribution in [3.8, 4) is 0 Å². The van der Waals surface area contributed by atoms with E-state index in [4.69, 9.17) is 9.47 Å². The van der Waals surface area contributed by atoms with Gasteiger partial charge in [0.2, 0.25) is 0 Å². The Labute approximate surface area is 117 Å². The third kappa shape index (κ3) is 5.99. The number of carbonyl (C=O) groups excluding carboxylic acids is 2. The fourth-order valence-corrected chi connectivity index (χ4v) is 1.71. The van der Waals surface area contributed by atoms with E-state index in [9.17, 15) is 19.8 Å². The lowest BCUT2D eigenvalue weighted by atomic mass is 10.1. The van der Waals surface area contributed by atoms with Gasteiger partial charge in [0.25, 0.3) is 0 Å². The van der Waals surface area contributed by atoms with Gasteiger partial charge in [0.15, 0.2) is 0 Å². The minimum absolute atomic E-state index is 0.0660. The summed E-state index contributed by atoms with van der Waals surface area (Å²) in [7, 11) is 0. The molecule has 6 nitrogen and oxygen atoms in total. The molecular weight excluding hydrogens is 264 g/mol. The van der Waals surface area contributed by atoms with Crippen LogP contribution in [0.5, 0.6) is 0 Å². The zero-order chi connectivity index (χ0) is 15.1. The summed E-state index contributed by atoms with van der Waals surface area (Å²) in [5.41, 5.74) is 0. The number of hydrogen-bond donors (Lipinski definition) is 2. The van der Waals surface area contributed by atoms with Gasteiger partial charge in [-0.1, -0.05) is 6.08 Å². The van der Waals surface area contributed by atoms with Crippen molar-refractivity contribution in [2.45, 2.75) is 51.1 Å². The zero-order valence-electron chi connectivity index (χ0n) is 11.6. The van der Waals surface area contributed by atoms with E-state index in [2.05, 4.69) is 0 Å². The summed E-state index contributed by atoms with van der Waals surface area (Å²) in [6.45, 7) is 3.30. The monoisotopic (exact) mass is 284 g/mol. The molecule has 2 N–H and O–H groups in total. The standard InChI is InChI=1S/C14H20O6/c1-9-4-3-5-13(17)20-10(2)8-12(16)11(15)6-7-14(18)19-9/h3,5-7,9-12,15-16H,4,8H2,1-2H3/b5-3+,7-6+/t9-,10-,11+,12-/m1/s1. The summed E-state index contributed by atoms with van der Waals surface area (Å²) in [6, 6.07) is 0. The lowest BCUT2D eigenvalue weighted by Gasteiger charge is -2.19. The van der Waals surface area contributed by atoms with E-state index in [1.807, 2.05) is 0 Å². The molecule has 0 radical (unpaired) electrons. The lowest BCUT2D eigenvalue weighted by Crippen LogP contribution is -2.29. The van der Waals surface area contributed by atoms with Gasteiger partial charge in [-0.05, 0) is 19.9 Å². The third-order valence-corrected chi connectivity index (χ3v) is 2.75. The highest BCUT2D eigenvalue weighted by Gasteiger charge is 2.19. The van der Waals surface area contributed by atoms with Crippen LogP contribution in [0.2, 0.25) is 0 Å². The predicted molar refractivity (Wildman–Crippen MR) is 70.6 cm³/mol. The van der Waals surface area contributed by atoms with Crippen molar-refractivity contribution in [1.29, 1.82) is 0 Å². The molecule has 0 aromatic carbocycles. The van der Waals surface area contributed by atoms with Gasteiger partial charge in [-0.15, -0.1) is 0 Å². The topological polar surface area (TPSA) is 93.1 Å². The van der Waals surface area contributed by atoms with E-state index in [0.29, 0.717) is 6.42 Å². The van der Waals surface area contributed by atoms with E-state index in [1.54, 1.807) is 19.9 Å². The second-order valence-electron chi connectivity index (χ2n) is 4.79. The van der Waals surface area contributed by atoms with E-state index in [1.165, 1.54) is 6.08 Å². The van der Waals surface area contributed by atoms with Crippen LogP contribution in [0, 0.1) is 0 Å². The lowest BCUT2D eigenvalue weighted by molar-refractivity contribution is -0.144. The molecular formula is C14H20O6. The van der Waals surface area contributed by atoms with Gasteiger partial charge in [0, 0.05) is 25.0 Å². The molecule has 112 valence electrons. The minimum Gasteiger partial charge on any atom is -0.459 e. The number of carbonyl (C=O) groups is 2. The summed E-state index contributed by atoms with van der Waals surface area (Å²) in [6.07, 6.45) is 2.20. The summed E-state index contributed by atoms with van der Waals surface area (Å²) >= 11 is 0. The highest BCUT2D eigenvalue weighted by Crippen LogP contribution is 2.09. The van der Waals surface area contributed by atoms with Crippen molar-refractivity contribution in [3.05, 3.63) is 24.3 Å². The first-order valence-electron chi connectivity index (χ1n) is 6.50. The number of hydrogen-bond acceptors (Lipinski definition) is 6. The minimum atomic E-state index is -1.22. The molecule has 20 heavy (non-hydrogen) atoms. The van der Waals surface area contributed by atoms with Crippen molar-refractivity contribution in [2.75, 3.05) is 0 Å². The molecule has 1 rings (SSSR count). The Bertz CT molecular complexity index is 400. The quantitative estimate of drug-likeness (QED) is 0.628. The van der Waals surface area contributed by atoms with Crippen LogP contribution in [0.4, 0.5) is 0 Å². The maximum atomic E-state index is 11.4. The average Bonchev–Trinajstić information content (AvgIpc) is 2.34. The number of esters is 2. The first-order chi connectivity index (χ1) is 9.38. The van der Waals surface area contributed by atoms with Crippen LogP contribution in [-0.4, -0.2) is 46.6 Å². The van der Waals surface area contributed by atoms with E-state index in [0.717, 1.165) is 12.2 Å². The summed E-state index contributed by atoms with van der Waals surface area (Å²) in [4.78, 5) is 22.9.